The van der Waals surface area contributed by atoms with Crippen LogP contribution in [0.5, 0.6) is 0 Å². The van der Waals surface area contributed by atoms with E-state index >= 15 is 0 Å². The highest BCUT2D eigenvalue weighted by atomic mass is 32.2. The van der Waals surface area contributed by atoms with Crippen molar-refractivity contribution in [3.63, 3.8) is 0 Å². The van der Waals surface area contributed by atoms with Crippen LogP contribution >= 0.6 is 22.7 Å². The van der Waals surface area contributed by atoms with Gasteiger partial charge in [0.1, 0.15) is 4.88 Å². The molecule has 2 rings (SSSR count). The van der Waals surface area contributed by atoms with Crippen molar-refractivity contribution in [3.05, 3.63) is 37.7 Å². The molecule has 2 heterocycles. The van der Waals surface area contributed by atoms with Gasteiger partial charge in [0.05, 0.1) is 4.90 Å². The van der Waals surface area contributed by atoms with Gasteiger partial charge in [-0.1, -0.05) is 0 Å². The molecule has 2 aromatic rings. The van der Waals surface area contributed by atoms with E-state index in [1.807, 2.05) is 19.9 Å². The second-order valence-electron chi connectivity index (χ2n) is 4.66. The predicted octanol–water partition coefficient (Wildman–Crippen LogP) is 3.16. The van der Waals surface area contributed by atoms with Crippen molar-refractivity contribution in [1.29, 1.82) is 0 Å². The van der Waals surface area contributed by atoms with Crippen LogP contribution in [0.4, 0.5) is 0 Å². The molecule has 0 aromatic carbocycles. The van der Waals surface area contributed by atoms with Gasteiger partial charge in [-0.2, -0.15) is 0 Å². The number of hydrogen-bond donors (Lipinski definition) is 2. The van der Waals surface area contributed by atoms with Gasteiger partial charge in [-0.05, 0) is 38.5 Å². The molecule has 8 heteroatoms. The van der Waals surface area contributed by atoms with Gasteiger partial charge >= 0.3 is 5.97 Å². The Morgan fingerprint density at radius 1 is 1.33 bits per heavy atom. The standard InChI is InChI=1S/C13H15NO4S3/c1-7-4-11(9(3)20-7)8(2)14-21(17,18)10-5-12(13(15)16)19-6-10/h4-6,8,14H,1-3H3,(H,15,16). The molecule has 1 atom stereocenters. The first-order valence-electron chi connectivity index (χ1n) is 6.12. The van der Waals surface area contributed by atoms with Crippen LogP contribution in [-0.2, 0) is 10.0 Å². The van der Waals surface area contributed by atoms with Gasteiger partial charge in [-0.15, -0.1) is 22.7 Å². The van der Waals surface area contributed by atoms with Gasteiger partial charge in [0.2, 0.25) is 10.0 Å². The summed E-state index contributed by atoms with van der Waals surface area (Å²) < 4.78 is 27.1. The van der Waals surface area contributed by atoms with Crippen LogP contribution in [-0.4, -0.2) is 19.5 Å². The van der Waals surface area contributed by atoms with Crippen molar-refractivity contribution >= 4 is 38.7 Å². The Labute approximate surface area is 131 Å². The summed E-state index contributed by atoms with van der Waals surface area (Å²) in [5.74, 6) is -1.13. The number of nitrogens with one attached hydrogen (secondary N) is 1. The zero-order valence-electron chi connectivity index (χ0n) is 11.7. The van der Waals surface area contributed by atoms with E-state index in [0.29, 0.717) is 0 Å². The van der Waals surface area contributed by atoms with E-state index in [4.69, 9.17) is 5.11 Å². The van der Waals surface area contributed by atoms with Gasteiger partial charge in [0.15, 0.2) is 0 Å². The number of hydrogen-bond acceptors (Lipinski definition) is 5. The average Bonchev–Trinajstić information content (AvgIpc) is 2.95. The average molecular weight is 345 g/mol. The SMILES string of the molecule is Cc1cc(C(C)NS(=O)(=O)c2csc(C(=O)O)c2)c(C)s1. The maximum atomic E-state index is 12.3. The lowest BCUT2D eigenvalue weighted by molar-refractivity contribution is 0.0702. The number of aromatic carboxylic acids is 1. The van der Waals surface area contributed by atoms with Crippen molar-refractivity contribution in [2.45, 2.75) is 31.7 Å². The second-order valence-corrected chi connectivity index (χ2v) is 8.75. The third-order valence-corrected chi connectivity index (χ3v) is 6.54. The summed E-state index contributed by atoms with van der Waals surface area (Å²) in [5, 5.41) is 10.2. The minimum absolute atomic E-state index is 0.00517. The molecule has 0 aliphatic heterocycles. The number of carbonyl (C=O) groups is 1. The fraction of sp³-hybridized carbons (Fsp3) is 0.308. The Balaban J connectivity index is 2.24. The number of aryl methyl sites for hydroxylation is 2. The van der Waals surface area contributed by atoms with Crippen LogP contribution in [0.15, 0.2) is 22.4 Å². The van der Waals surface area contributed by atoms with Gasteiger partial charge in [0.25, 0.3) is 0 Å². The Morgan fingerprint density at radius 3 is 2.48 bits per heavy atom. The number of thiophene rings is 2. The number of carboxylic acid groups (broad SMARTS) is 1. The molecule has 114 valence electrons. The molecule has 21 heavy (non-hydrogen) atoms. The minimum Gasteiger partial charge on any atom is -0.477 e. The third-order valence-electron chi connectivity index (χ3n) is 2.97. The van der Waals surface area contributed by atoms with Crippen LogP contribution in [0.1, 0.15) is 38.0 Å². The summed E-state index contributed by atoms with van der Waals surface area (Å²) in [5.41, 5.74) is 0.940. The van der Waals surface area contributed by atoms with Crippen LogP contribution < -0.4 is 4.72 Å². The maximum absolute atomic E-state index is 12.3. The quantitative estimate of drug-likeness (QED) is 0.872. The molecule has 5 nitrogen and oxygen atoms in total. The van der Waals surface area contributed by atoms with E-state index in [0.717, 1.165) is 26.7 Å². The molecule has 0 saturated heterocycles. The van der Waals surface area contributed by atoms with Crippen LogP contribution in [0.25, 0.3) is 0 Å². The monoisotopic (exact) mass is 345 g/mol. The van der Waals surface area contributed by atoms with E-state index in [9.17, 15) is 13.2 Å². The van der Waals surface area contributed by atoms with E-state index in [-0.39, 0.29) is 15.8 Å². The van der Waals surface area contributed by atoms with Gasteiger partial charge in [-0.3, -0.25) is 0 Å². The zero-order valence-corrected chi connectivity index (χ0v) is 14.2. The molecule has 0 saturated carbocycles. The smallest absolute Gasteiger partial charge is 0.345 e. The van der Waals surface area contributed by atoms with Gasteiger partial charge in [0, 0.05) is 21.2 Å². The topological polar surface area (TPSA) is 83.5 Å². The molecule has 2 aromatic heterocycles. The van der Waals surface area contributed by atoms with Crippen LogP contribution in [0.2, 0.25) is 0 Å². The fourth-order valence-corrected chi connectivity index (χ4v) is 5.37. The lowest BCUT2D eigenvalue weighted by atomic mass is 10.1. The molecule has 0 spiro atoms. The Bertz CT molecular complexity index is 773. The normalized spacial score (nSPS) is 13.3. The van der Waals surface area contributed by atoms with Gasteiger partial charge in [-0.25, -0.2) is 17.9 Å². The van der Waals surface area contributed by atoms with E-state index in [2.05, 4.69) is 4.72 Å². The molecular weight excluding hydrogens is 330 g/mol. The first-order valence-corrected chi connectivity index (χ1v) is 9.29. The van der Waals surface area contributed by atoms with Crippen molar-refractivity contribution in [2.24, 2.45) is 0 Å². The van der Waals surface area contributed by atoms with E-state index in [1.165, 1.54) is 11.4 Å². The Morgan fingerprint density at radius 2 is 2.00 bits per heavy atom. The summed E-state index contributed by atoms with van der Waals surface area (Å²) in [4.78, 5) is 13.0. The Kier molecular flexibility index (Phi) is 4.52. The lowest BCUT2D eigenvalue weighted by Gasteiger charge is -2.13. The summed E-state index contributed by atoms with van der Waals surface area (Å²) in [6.07, 6.45) is 0. The third kappa shape index (κ3) is 3.52. The zero-order chi connectivity index (χ0) is 15.8. The molecule has 0 bridgehead atoms. The number of sulfonamides is 1. The maximum Gasteiger partial charge on any atom is 0.345 e. The van der Waals surface area contributed by atoms with Crippen molar-refractivity contribution in [1.82, 2.24) is 4.72 Å². The molecule has 0 fully saturated rings. The summed E-state index contributed by atoms with van der Waals surface area (Å²) in [6, 6.07) is 2.77. The van der Waals surface area contributed by atoms with E-state index in [1.54, 1.807) is 18.3 Å². The second kappa shape index (κ2) is 5.88. The van der Waals surface area contributed by atoms with Crippen LogP contribution in [0.3, 0.4) is 0 Å². The highest BCUT2D eigenvalue weighted by Gasteiger charge is 2.22. The highest BCUT2D eigenvalue weighted by molar-refractivity contribution is 7.89. The summed E-state index contributed by atoms with van der Waals surface area (Å²) >= 11 is 2.51. The predicted molar refractivity (Wildman–Crippen MR) is 83.8 cm³/mol. The Hall–Kier alpha value is -1.22. The van der Waals surface area contributed by atoms with E-state index < -0.39 is 16.0 Å². The van der Waals surface area contributed by atoms with Crippen molar-refractivity contribution < 1.29 is 18.3 Å². The van der Waals surface area contributed by atoms with Crippen LogP contribution in [0, 0.1) is 13.8 Å². The lowest BCUT2D eigenvalue weighted by Crippen LogP contribution is -2.26. The molecule has 2 N–H and O–H groups in total. The number of carboxylic acids is 1. The summed E-state index contributed by atoms with van der Waals surface area (Å²) in [7, 11) is -3.73. The first kappa shape index (κ1) is 16.2. The molecule has 0 amide bonds. The molecule has 0 radical (unpaired) electrons. The molecule has 0 aliphatic carbocycles. The molecular formula is C13H15NO4S3. The van der Waals surface area contributed by atoms with Gasteiger partial charge < -0.3 is 5.11 Å². The summed E-state index contributed by atoms with van der Waals surface area (Å²) in [6.45, 7) is 5.70. The molecule has 0 aliphatic rings. The fourth-order valence-electron chi connectivity index (χ4n) is 2.02. The highest BCUT2D eigenvalue weighted by Crippen LogP contribution is 2.28. The van der Waals surface area contributed by atoms with Crippen molar-refractivity contribution in [3.8, 4) is 0 Å². The first-order chi connectivity index (χ1) is 9.70. The van der Waals surface area contributed by atoms with Crippen molar-refractivity contribution in [2.75, 3.05) is 0 Å². The number of rotatable bonds is 5. The minimum atomic E-state index is -3.73. The largest absolute Gasteiger partial charge is 0.477 e. The molecule has 1 unspecified atom stereocenters.